The highest BCUT2D eigenvalue weighted by atomic mass is 16.2. The Kier molecular flexibility index (Phi) is 3.91. The van der Waals surface area contributed by atoms with Gasteiger partial charge in [-0.3, -0.25) is 0 Å². The molecule has 5 nitrogen and oxygen atoms in total. The Morgan fingerprint density at radius 2 is 2.19 bits per heavy atom. The first-order valence-electron chi connectivity index (χ1n) is 5.60. The van der Waals surface area contributed by atoms with Crippen molar-refractivity contribution in [3.63, 3.8) is 0 Å². The number of hydrogen-bond donors (Lipinski definition) is 2. The predicted molar refractivity (Wildman–Crippen MR) is 62.0 cm³/mol. The van der Waals surface area contributed by atoms with Gasteiger partial charge >= 0.3 is 6.03 Å². The Morgan fingerprint density at radius 3 is 2.62 bits per heavy atom. The second-order valence-electron chi connectivity index (χ2n) is 5.33. The molecule has 1 aliphatic rings. The Hall–Kier alpha value is -1.10. The molecule has 92 valence electrons. The third-order valence-electron chi connectivity index (χ3n) is 3.13. The monoisotopic (exact) mass is 227 g/mol. The Labute approximate surface area is 96.4 Å². The highest BCUT2D eigenvalue weighted by molar-refractivity contribution is 5.73. The van der Waals surface area contributed by atoms with Crippen molar-refractivity contribution < 1.29 is 9.59 Å². The van der Waals surface area contributed by atoms with Crippen LogP contribution in [0.5, 0.6) is 0 Å². The maximum absolute atomic E-state index is 11.3. The van der Waals surface area contributed by atoms with E-state index in [0.717, 1.165) is 12.8 Å². The SMILES string of the molecule is CC(C)(C)C(C=O)C1CNCCN1C(N)=O. The molecule has 1 aliphatic heterocycles. The second kappa shape index (κ2) is 4.82. The van der Waals surface area contributed by atoms with Crippen LogP contribution in [0.2, 0.25) is 0 Å². The van der Waals surface area contributed by atoms with E-state index in [1.807, 2.05) is 20.8 Å². The topological polar surface area (TPSA) is 75.4 Å². The summed E-state index contributed by atoms with van der Waals surface area (Å²) < 4.78 is 0. The van der Waals surface area contributed by atoms with Crippen LogP contribution in [0.25, 0.3) is 0 Å². The summed E-state index contributed by atoms with van der Waals surface area (Å²) in [5.74, 6) is -0.201. The van der Waals surface area contributed by atoms with Gasteiger partial charge in [0.05, 0.1) is 6.04 Å². The van der Waals surface area contributed by atoms with Gasteiger partial charge in [0.15, 0.2) is 0 Å². The van der Waals surface area contributed by atoms with Crippen molar-refractivity contribution >= 4 is 12.3 Å². The molecule has 5 heteroatoms. The molecule has 2 unspecified atom stereocenters. The predicted octanol–water partition coefficient (Wildman–Crippen LogP) is 0.200. The van der Waals surface area contributed by atoms with Gasteiger partial charge in [0.25, 0.3) is 0 Å². The van der Waals surface area contributed by atoms with Crippen molar-refractivity contribution in [3.05, 3.63) is 0 Å². The second-order valence-corrected chi connectivity index (χ2v) is 5.33. The number of rotatable bonds is 2. The van der Waals surface area contributed by atoms with Crippen molar-refractivity contribution in [1.82, 2.24) is 10.2 Å². The lowest BCUT2D eigenvalue weighted by Gasteiger charge is -2.42. The quantitative estimate of drug-likeness (QED) is 0.662. The smallest absolute Gasteiger partial charge is 0.315 e. The Balaban J connectivity index is 2.88. The fourth-order valence-electron chi connectivity index (χ4n) is 2.19. The summed E-state index contributed by atoms with van der Waals surface area (Å²) in [5, 5.41) is 3.20. The number of amides is 2. The molecule has 0 aromatic heterocycles. The van der Waals surface area contributed by atoms with Crippen molar-refractivity contribution in [2.75, 3.05) is 19.6 Å². The summed E-state index contributed by atoms with van der Waals surface area (Å²) in [7, 11) is 0. The van der Waals surface area contributed by atoms with Crippen molar-refractivity contribution in [3.8, 4) is 0 Å². The van der Waals surface area contributed by atoms with Gasteiger partial charge in [0, 0.05) is 25.6 Å². The first kappa shape index (κ1) is 13.0. The van der Waals surface area contributed by atoms with Gasteiger partial charge < -0.3 is 20.7 Å². The average Bonchev–Trinajstić information content (AvgIpc) is 2.17. The molecule has 1 rings (SSSR count). The standard InChI is InChI=1S/C11H21N3O2/c1-11(2,3)8(7-15)9-6-13-4-5-14(9)10(12)16/h7-9,13H,4-6H2,1-3H3,(H2,12,16). The molecule has 2 atom stereocenters. The number of urea groups is 1. The average molecular weight is 227 g/mol. The molecule has 0 radical (unpaired) electrons. The molecule has 0 aromatic rings. The molecule has 0 spiro atoms. The summed E-state index contributed by atoms with van der Waals surface area (Å²) in [6.45, 7) is 7.93. The molecular formula is C11H21N3O2. The zero-order chi connectivity index (χ0) is 12.3. The van der Waals surface area contributed by atoms with E-state index in [1.54, 1.807) is 4.90 Å². The van der Waals surface area contributed by atoms with E-state index in [9.17, 15) is 9.59 Å². The lowest BCUT2D eigenvalue weighted by Crippen LogP contribution is -2.60. The Bertz CT molecular complexity index is 273. The molecule has 3 N–H and O–H groups in total. The van der Waals surface area contributed by atoms with Crippen LogP contribution in [0, 0.1) is 11.3 Å². The number of aldehydes is 1. The number of carbonyl (C=O) groups is 2. The minimum atomic E-state index is -0.442. The minimum Gasteiger partial charge on any atom is -0.351 e. The van der Waals surface area contributed by atoms with Gasteiger partial charge in [0.1, 0.15) is 6.29 Å². The van der Waals surface area contributed by atoms with E-state index in [1.165, 1.54) is 0 Å². The first-order valence-corrected chi connectivity index (χ1v) is 5.60. The van der Waals surface area contributed by atoms with Crippen LogP contribution in [0.1, 0.15) is 20.8 Å². The third-order valence-corrected chi connectivity index (χ3v) is 3.13. The number of hydrogen-bond acceptors (Lipinski definition) is 3. The molecule has 0 aromatic carbocycles. The zero-order valence-electron chi connectivity index (χ0n) is 10.2. The summed E-state index contributed by atoms with van der Waals surface area (Å²) >= 11 is 0. The molecule has 1 fully saturated rings. The number of piperazine rings is 1. The highest BCUT2D eigenvalue weighted by Gasteiger charge is 2.38. The lowest BCUT2D eigenvalue weighted by atomic mass is 9.76. The fraction of sp³-hybridized carbons (Fsp3) is 0.818. The Morgan fingerprint density at radius 1 is 1.56 bits per heavy atom. The number of primary amides is 1. The largest absolute Gasteiger partial charge is 0.351 e. The lowest BCUT2D eigenvalue weighted by molar-refractivity contribution is -0.116. The van der Waals surface area contributed by atoms with Crippen molar-refractivity contribution in [1.29, 1.82) is 0 Å². The minimum absolute atomic E-state index is 0.135. The number of nitrogens with zero attached hydrogens (tertiary/aromatic N) is 1. The van der Waals surface area contributed by atoms with Gasteiger partial charge in [-0.1, -0.05) is 20.8 Å². The van der Waals surface area contributed by atoms with Gasteiger partial charge in [-0.25, -0.2) is 4.79 Å². The summed E-state index contributed by atoms with van der Waals surface area (Å²) in [6, 6.07) is -0.577. The van der Waals surface area contributed by atoms with Crippen LogP contribution in [0.15, 0.2) is 0 Å². The zero-order valence-corrected chi connectivity index (χ0v) is 10.2. The number of nitrogens with two attached hydrogens (primary N) is 1. The van der Waals surface area contributed by atoms with Gasteiger partial charge in [-0.05, 0) is 5.41 Å². The molecule has 16 heavy (non-hydrogen) atoms. The van der Waals surface area contributed by atoms with Crippen LogP contribution >= 0.6 is 0 Å². The molecular weight excluding hydrogens is 206 g/mol. The van der Waals surface area contributed by atoms with Crippen LogP contribution in [0.3, 0.4) is 0 Å². The number of nitrogens with one attached hydrogen (secondary N) is 1. The first-order chi connectivity index (χ1) is 7.38. The molecule has 0 aliphatic carbocycles. The van der Waals surface area contributed by atoms with Crippen molar-refractivity contribution in [2.45, 2.75) is 26.8 Å². The van der Waals surface area contributed by atoms with E-state index < -0.39 is 6.03 Å². The van der Waals surface area contributed by atoms with E-state index in [0.29, 0.717) is 13.1 Å². The number of carbonyl (C=O) groups excluding carboxylic acids is 2. The van der Waals surface area contributed by atoms with Crippen LogP contribution in [-0.4, -0.2) is 42.9 Å². The highest BCUT2D eigenvalue weighted by Crippen LogP contribution is 2.30. The van der Waals surface area contributed by atoms with Crippen LogP contribution < -0.4 is 11.1 Å². The molecule has 0 bridgehead atoms. The molecule has 0 saturated carbocycles. The van der Waals surface area contributed by atoms with Gasteiger partial charge in [-0.15, -0.1) is 0 Å². The molecule has 1 heterocycles. The maximum atomic E-state index is 11.3. The fourth-order valence-corrected chi connectivity index (χ4v) is 2.19. The summed E-state index contributed by atoms with van der Waals surface area (Å²) in [4.78, 5) is 24.1. The van der Waals surface area contributed by atoms with Gasteiger partial charge in [-0.2, -0.15) is 0 Å². The van der Waals surface area contributed by atoms with E-state index in [4.69, 9.17) is 5.73 Å². The van der Waals surface area contributed by atoms with Crippen LogP contribution in [0.4, 0.5) is 4.79 Å². The normalized spacial score (nSPS) is 23.9. The van der Waals surface area contributed by atoms with Gasteiger partial charge in [0.2, 0.25) is 0 Å². The third kappa shape index (κ3) is 2.72. The van der Waals surface area contributed by atoms with Crippen LogP contribution in [-0.2, 0) is 4.79 Å². The summed E-state index contributed by atoms with van der Waals surface area (Å²) in [5.41, 5.74) is 5.17. The maximum Gasteiger partial charge on any atom is 0.315 e. The van der Waals surface area contributed by atoms with E-state index >= 15 is 0 Å². The molecule has 2 amide bonds. The van der Waals surface area contributed by atoms with Crippen molar-refractivity contribution in [2.24, 2.45) is 17.1 Å². The molecule has 1 saturated heterocycles. The van der Waals surface area contributed by atoms with E-state index in [-0.39, 0.29) is 17.4 Å². The summed E-state index contributed by atoms with van der Waals surface area (Å²) in [6.07, 6.45) is 0.938. The van der Waals surface area contributed by atoms with E-state index in [2.05, 4.69) is 5.32 Å².